The van der Waals surface area contributed by atoms with Crippen LogP contribution in [0, 0.1) is 13.8 Å². The van der Waals surface area contributed by atoms with Crippen molar-refractivity contribution >= 4 is 41.2 Å². The highest BCUT2D eigenvalue weighted by Crippen LogP contribution is 2.28. The van der Waals surface area contributed by atoms with E-state index in [-0.39, 0.29) is 11.3 Å². The lowest BCUT2D eigenvalue weighted by atomic mass is 10.0. The van der Waals surface area contributed by atoms with E-state index in [1.165, 1.54) is 25.3 Å². The number of anilines is 1. The Morgan fingerprint density at radius 3 is 2.07 bits per heavy atom. The van der Waals surface area contributed by atoms with Crippen LogP contribution in [0.5, 0.6) is 5.75 Å². The van der Waals surface area contributed by atoms with Crippen molar-refractivity contribution in [1.29, 1.82) is 0 Å². The molecule has 0 radical (unpaired) electrons. The monoisotopic (exact) mass is 384 g/mol. The van der Waals surface area contributed by atoms with E-state index >= 15 is 0 Å². The second kappa shape index (κ2) is 6.89. The SMILES string of the molecule is Cc1cc(C=C2C(=O)N(C)C(=O)N(c3ccc(Cl)cc3)C2=O)cc(C)c1O. The molecule has 1 N–H and O–H groups in total. The average molecular weight is 385 g/mol. The van der Waals surface area contributed by atoms with Crippen LogP contribution in [0.1, 0.15) is 16.7 Å². The Bertz CT molecular complexity index is 973. The minimum Gasteiger partial charge on any atom is -0.507 e. The molecular formula is C20H17ClN2O4. The number of hydrogen-bond acceptors (Lipinski definition) is 4. The van der Waals surface area contributed by atoms with E-state index in [0.29, 0.717) is 27.4 Å². The number of imide groups is 2. The molecule has 138 valence electrons. The fourth-order valence-corrected chi connectivity index (χ4v) is 3.02. The quantitative estimate of drug-likeness (QED) is 0.633. The third-order valence-electron chi connectivity index (χ3n) is 4.36. The van der Waals surface area contributed by atoms with Crippen LogP contribution in [0.3, 0.4) is 0 Å². The van der Waals surface area contributed by atoms with Crippen LogP contribution in [0.2, 0.25) is 5.02 Å². The molecule has 7 heteroatoms. The molecule has 1 heterocycles. The summed E-state index contributed by atoms with van der Waals surface area (Å²) in [6, 6.07) is 8.79. The number of carbonyl (C=O) groups excluding carboxylic acids is 3. The summed E-state index contributed by atoms with van der Waals surface area (Å²) >= 11 is 5.87. The van der Waals surface area contributed by atoms with Crippen molar-refractivity contribution in [3.63, 3.8) is 0 Å². The summed E-state index contributed by atoms with van der Waals surface area (Å²) in [5.74, 6) is -1.24. The van der Waals surface area contributed by atoms with Crippen LogP contribution in [0.4, 0.5) is 10.5 Å². The van der Waals surface area contributed by atoms with E-state index < -0.39 is 17.8 Å². The number of carbonyl (C=O) groups is 3. The molecule has 0 bridgehead atoms. The van der Waals surface area contributed by atoms with Gasteiger partial charge in [-0.1, -0.05) is 11.6 Å². The molecular weight excluding hydrogens is 368 g/mol. The second-order valence-electron chi connectivity index (χ2n) is 6.33. The maximum absolute atomic E-state index is 12.9. The largest absolute Gasteiger partial charge is 0.507 e. The maximum atomic E-state index is 12.9. The summed E-state index contributed by atoms with van der Waals surface area (Å²) in [6.45, 7) is 3.45. The number of phenolic OH excluding ortho intramolecular Hbond substituents is 1. The van der Waals surface area contributed by atoms with Crippen LogP contribution in [-0.2, 0) is 9.59 Å². The molecule has 0 aliphatic carbocycles. The summed E-state index contributed by atoms with van der Waals surface area (Å²) in [5.41, 5.74) is 2.00. The molecule has 1 saturated heterocycles. The Hall–Kier alpha value is -3.12. The number of aryl methyl sites for hydroxylation is 2. The molecule has 0 saturated carbocycles. The second-order valence-corrected chi connectivity index (χ2v) is 6.76. The lowest BCUT2D eigenvalue weighted by molar-refractivity contribution is -0.128. The first-order chi connectivity index (χ1) is 12.7. The fraction of sp³-hybridized carbons (Fsp3) is 0.150. The molecule has 3 rings (SSSR count). The Morgan fingerprint density at radius 2 is 1.52 bits per heavy atom. The zero-order valence-electron chi connectivity index (χ0n) is 15.0. The number of likely N-dealkylation sites (N-methyl/N-ethyl adjacent to an activating group) is 1. The Balaban J connectivity index is 2.09. The Kier molecular flexibility index (Phi) is 4.76. The summed E-state index contributed by atoms with van der Waals surface area (Å²) in [6.07, 6.45) is 1.43. The van der Waals surface area contributed by atoms with Gasteiger partial charge in [0.2, 0.25) is 0 Å². The fourth-order valence-electron chi connectivity index (χ4n) is 2.90. The molecule has 27 heavy (non-hydrogen) atoms. The average Bonchev–Trinajstić information content (AvgIpc) is 2.63. The topological polar surface area (TPSA) is 77.9 Å². The van der Waals surface area contributed by atoms with Gasteiger partial charge in [-0.25, -0.2) is 9.69 Å². The van der Waals surface area contributed by atoms with Crippen LogP contribution < -0.4 is 4.90 Å². The molecule has 1 aliphatic rings. The lowest BCUT2D eigenvalue weighted by Gasteiger charge is -2.31. The number of urea groups is 1. The van der Waals surface area contributed by atoms with Crippen molar-refractivity contribution in [3.8, 4) is 5.75 Å². The van der Waals surface area contributed by atoms with Crippen molar-refractivity contribution in [2.24, 2.45) is 0 Å². The molecule has 4 amide bonds. The molecule has 1 aliphatic heterocycles. The number of aromatic hydroxyl groups is 1. The van der Waals surface area contributed by atoms with Gasteiger partial charge in [-0.3, -0.25) is 14.5 Å². The van der Waals surface area contributed by atoms with Gasteiger partial charge in [-0.2, -0.15) is 0 Å². The summed E-state index contributed by atoms with van der Waals surface area (Å²) in [5, 5.41) is 10.4. The number of nitrogens with zero attached hydrogens (tertiary/aromatic N) is 2. The normalized spacial score (nSPS) is 16.4. The van der Waals surface area contributed by atoms with Gasteiger partial charge in [0.05, 0.1) is 5.69 Å². The van der Waals surface area contributed by atoms with E-state index in [0.717, 1.165) is 9.80 Å². The van der Waals surface area contributed by atoms with Crippen molar-refractivity contribution in [3.05, 3.63) is 63.7 Å². The lowest BCUT2D eigenvalue weighted by Crippen LogP contribution is -2.55. The number of rotatable bonds is 2. The Labute approximate surface area is 161 Å². The highest BCUT2D eigenvalue weighted by Gasteiger charge is 2.40. The van der Waals surface area contributed by atoms with E-state index in [1.807, 2.05) is 0 Å². The molecule has 0 aromatic heterocycles. The first-order valence-corrected chi connectivity index (χ1v) is 8.52. The number of hydrogen-bond donors (Lipinski definition) is 1. The molecule has 0 spiro atoms. The molecule has 6 nitrogen and oxygen atoms in total. The van der Waals surface area contributed by atoms with Crippen LogP contribution >= 0.6 is 11.6 Å². The predicted octanol–water partition coefficient (Wildman–Crippen LogP) is 3.67. The van der Waals surface area contributed by atoms with E-state index in [4.69, 9.17) is 11.6 Å². The van der Waals surface area contributed by atoms with E-state index in [2.05, 4.69) is 0 Å². The van der Waals surface area contributed by atoms with Gasteiger partial charge in [0, 0.05) is 12.1 Å². The minimum atomic E-state index is -0.734. The molecule has 0 unspecified atom stereocenters. The van der Waals surface area contributed by atoms with Crippen molar-refractivity contribution in [2.75, 3.05) is 11.9 Å². The van der Waals surface area contributed by atoms with Gasteiger partial charge < -0.3 is 5.11 Å². The number of amides is 4. The summed E-state index contributed by atoms with van der Waals surface area (Å²) < 4.78 is 0. The number of benzene rings is 2. The van der Waals surface area contributed by atoms with Crippen LogP contribution in [0.25, 0.3) is 6.08 Å². The van der Waals surface area contributed by atoms with Gasteiger partial charge in [-0.15, -0.1) is 0 Å². The number of phenols is 1. The van der Waals surface area contributed by atoms with E-state index in [1.54, 1.807) is 38.1 Å². The summed E-state index contributed by atoms with van der Waals surface area (Å²) in [7, 11) is 1.32. The smallest absolute Gasteiger partial charge is 0.338 e. The maximum Gasteiger partial charge on any atom is 0.338 e. The zero-order chi connectivity index (χ0) is 19.9. The van der Waals surface area contributed by atoms with Crippen LogP contribution in [0.15, 0.2) is 42.0 Å². The van der Waals surface area contributed by atoms with Gasteiger partial charge in [0.15, 0.2) is 0 Å². The van der Waals surface area contributed by atoms with Gasteiger partial charge in [0.25, 0.3) is 11.8 Å². The summed E-state index contributed by atoms with van der Waals surface area (Å²) in [4.78, 5) is 39.8. The third-order valence-corrected chi connectivity index (χ3v) is 4.61. The highest BCUT2D eigenvalue weighted by atomic mass is 35.5. The molecule has 0 atom stereocenters. The standard InChI is InChI=1S/C20H17ClN2O4/c1-11-8-13(9-12(2)17(11)24)10-16-18(25)22(3)20(27)23(19(16)26)15-6-4-14(21)5-7-15/h4-10,24H,1-3H3. The first kappa shape index (κ1) is 18.7. The van der Waals surface area contributed by atoms with Crippen LogP contribution in [-0.4, -0.2) is 34.9 Å². The third kappa shape index (κ3) is 3.31. The molecule has 2 aromatic rings. The highest BCUT2D eigenvalue weighted by molar-refractivity contribution is 6.39. The van der Waals surface area contributed by atoms with Gasteiger partial charge >= 0.3 is 6.03 Å². The number of halogens is 1. The van der Waals surface area contributed by atoms with Gasteiger partial charge in [-0.05, 0) is 73.0 Å². The number of barbiturate groups is 1. The molecule has 1 fully saturated rings. The zero-order valence-corrected chi connectivity index (χ0v) is 15.7. The van der Waals surface area contributed by atoms with Gasteiger partial charge in [0.1, 0.15) is 11.3 Å². The first-order valence-electron chi connectivity index (χ1n) is 8.14. The molecule has 2 aromatic carbocycles. The Morgan fingerprint density at radius 1 is 0.963 bits per heavy atom. The van der Waals surface area contributed by atoms with Crippen molar-refractivity contribution < 1.29 is 19.5 Å². The predicted molar refractivity (Wildman–Crippen MR) is 103 cm³/mol. The van der Waals surface area contributed by atoms with Crippen molar-refractivity contribution in [1.82, 2.24) is 4.90 Å². The van der Waals surface area contributed by atoms with Crippen molar-refractivity contribution in [2.45, 2.75) is 13.8 Å². The minimum absolute atomic E-state index is 0.142. The van der Waals surface area contributed by atoms with E-state index in [9.17, 15) is 19.5 Å².